The molecule has 0 aromatic heterocycles. The lowest BCUT2D eigenvalue weighted by atomic mass is 10.5. The van der Waals surface area contributed by atoms with E-state index in [0.717, 1.165) is 13.1 Å². The van der Waals surface area contributed by atoms with Gasteiger partial charge in [-0.05, 0) is 13.8 Å². The van der Waals surface area contributed by atoms with Crippen LogP contribution < -0.4 is 0 Å². The minimum Gasteiger partial charge on any atom is -0.355 e. The van der Waals surface area contributed by atoms with Crippen LogP contribution in [0.5, 0.6) is 0 Å². The van der Waals surface area contributed by atoms with Crippen molar-refractivity contribution >= 4 is 14.3 Å². The van der Waals surface area contributed by atoms with Gasteiger partial charge in [0, 0.05) is 20.1 Å². The van der Waals surface area contributed by atoms with E-state index >= 15 is 0 Å². The summed E-state index contributed by atoms with van der Waals surface area (Å²) in [5.41, 5.74) is 0. The first-order valence-corrected chi connectivity index (χ1v) is 8.32. The zero-order valence-corrected chi connectivity index (χ0v) is 10.7. The summed E-state index contributed by atoms with van der Waals surface area (Å²) in [6.45, 7) is 12.1. The maximum atomic E-state index is 11.8. The summed E-state index contributed by atoms with van der Waals surface area (Å²) in [7, 11) is 0.433. The second kappa shape index (κ2) is 4.65. The van der Waals surface area contributed by atoms with Crippen LogP contribution in [0.15, 0.2) is 0 Å². The summed E-state index contributed by atoms with van der Waals surface area (Å²) in [6, 6.07) is 0.171. The first-order chi connectivity index (χ1) is 5.84. The summed E-state index contributed by atoms with van der Waals surface area (Å²) in [6.07, 6.45) is 0. The Kier molecular flexibility index (Phi) is 4.46. The highest BCUT2D eigenvalue weighted by atomic mass is 28.3. The molecule has 0 saturated heterocycles. The molecule has 0 aromatic carbocycles. The van der Waals surface area contributed by atoms with E-state index in [1.807, 2.05) is 30.4 Å². The number of urea groups is 1. The minimum absolute atomic E-state index is 0.171. The highest BCUT2D eigenvalue weighted by Gasteiger charge is 2.27. The van der Waals surface area contributed by atoms with E-state index in [0.29, 0.717) is 0 Å². The molecular formula is C9H22N2OSi. The smallest absolute Gasteiger partial charge is 0.311 e. The molecule has 0 saturated carbocycles. The summed E-state index contributed by atoms with van der Waals surface area (Å²) in [4.78, 5) is 13.7. The van der Waals surface area contributed by atoms with Crippen molar-refractivity contribution < 1.29 is 4.79 Å². The molecule has 4 heteroatoms. The van der Waals surface area contributed by atoms with Gasteiger partial charge in [-0.3, -0.25) is 0 Å². The van der Waals surface area contributed by atoms with Crippen LogP contribution in [0.2, 0.25) is 19.6 Å². The molecule has 0 aliphatic heterocycles. The van der Waals surface area contributed by atoms with Gasteiger partial charge in [0.25, 0.3) is 0 Å². The van der Waals surface area contributed by atoms with Crippen LogP contribution in [-0.4, -0.2) is 43.9 Å². The number of rotatable bonds is 3. The van der Waals surface area contributed by atoms with Crippen molar-refractivity contribution in [3.63, 3.8) is 0 Å². The van der Waals surface area contributed by atoms with Crippen LogP contribution in [-0.2, 0) is 0 Å². The number of carbonyl (C=O) groups excluding carboxylic acids is 1. The predicted octanol–water partition coefficient (Wildman–Crippen LogP) is 2.21. The third-order valence-corrected chi connectivity index (χ3v) is 4.53. The van der Waals surface area contributed by atoms with Gasteiger partial charge >= 0.3 is 6.03 Å². The van der Waals surface area contributed by atoms with Gasteiger partial charge in [0.2, 0.25) is 0 Å². The first kappa shape index (κ1) is 12.5. The van der Waals surface area contributed by atoms with Crippen molar-refractivity contribution in [2.24, 2.45) is 0 Å². The minimum atomic E-state index is -1.48. The molecule has 0 radical (unpaired) electrons. The fourth-order valence-electron chi connectivity index (χ4n) is 0.993. The van der Waals surface area contributed by atoms with Crippen molar-refractivity contribution in [3.8, 4) is 0 Å². The van der Waals surface area contributed by atoms with E-state index in [9.17, 15) is 4.79 Å². The van der Waals surface area contributed by atoms with Gasteiger partial charge in [0.15, 0.2) is 8.24 Å². The maximum absolute atomic E-state index is 11.8. The number of carbonyl (C=O) groups is 1. The zero-order valence-electron chi connectivity index (χ0n) is 9.72. The molecule has 2 amide bonds. The fourth-order valence-corrected chi connectivity index (χ4v) is 1.71. The SMILES string of the molecule is CCN(CC)C(=O)N(C)[Si](C)(C)C. The van der Waals surface area contributed by atoms with Gasteiger partial charge in [-0.1, -0.05) is 19.6 Å². The number of hydrogen-bond donors (Lipinski definition) is 0. The third-order valence-electron chi connectivity index (χ3n) is 2.33. The quantitative estimate of drug-likeness (QED) is 0.644. The van der Waals surface area contributed by atoms with Crippen molar-refractivity contribution in [1.29, 1.82) is 0 Å². The second-order valence-electron chi connectivity index (χ2n) is 4.18. The Morgan fingerprint density at radius 3 is 1.77 bits per heavy atom. The highest BCUT2D eigenvalue weighted by Crippen LogP contribution is 2.09. The lowest BCUT2D eigenvalue weighted by Gasteiger charge is -2.34. The van der Waals surface area contributed by atoms with E-state index in [1.54, 1.807) is 0 Å². The van der Waals surface area contributed by atoms with Crippen LogP contribution in [0, 0.1) is 0 Å². The summed E-state index contributed by atoms with van der Waals surface area (Å²) >= 11 is 0. The average Bonchev–Trinajstić information content (AvgIpc) is 2.03. The molecule has 0 aliphatic rings. The largest absolute Gasteiger partial charge is 0.355 e. The molecule has 0 aromatic rings. The second-order valence-corrected chi connectivity index (χ2v) is 9.20. The Labute approximate surface area is 82.8 Å². The van der Waals surface area contributed by atoms with Gasteiger partial charge in [0.1, 0.15) is 0 Å². The standard InChI is InChI=1S/C9H22N2OSi/c1-7-11(8-2)9(12)10(3)13(4,5)6/h7-8H2,1-6H3. The van der Waals surface area contributed by atoms with Gasteiger partial charge in [-0.2, -0.15) is 0 Å². The first-order valence-electron chi connectivity index (χ1n) is 4.87. The third kappa shape index (κ3) is 3.38. The monoisotopic (exact) mass is 202 g/mol. The Morgan fingerprint density at radius 1 is 1.15 bits per heavy atom. The van der Waals surface area contributed by atoms with Gasteiger partial charge < -0.3 is 9.47 Å². The Balaban J connectivity index is 4.41. The van der Waals surface area contributed by atoms with Gasteiger partial charge in [-0.25, -0.2) is 4.79 Å². The molecule has 0 atom stereocenters. The topological polar surface area (TPSA) is 23.6 Å². The van der Waals surface area contributed by atoms with Crippen molar-refractivity contribution in [2.45, 2.75) is 33.5 Å². The van der Waals surface area contributed by atoms with E-state index in [4.69, 9.17) is 0 Å². The van der Waals surface area contributed by atoms with Crippen LogP contribution >= 0.6 is 0 Å². The van der Waals surface area contributed by atoms with Gasteiger partial charge in [0.05, 0.1) is 0 Å². The molecule has 0 fully saturated rings. The summed E-state index contributed by atoms with van der Waals surface area (Å²) in [5.74, 6) is 0. The van der Waals surface area contributed by atoms with Crippen molar-refractivity contribution in [1.82, 2.24) is 9.47 Å². The lowest BCUT2D eigenvalue weighted by molar-refractivity contribution is 0.187. The molecule has 0 N–H and O–H groups in total. The van der Waals surface area contributed by atoms with Crippen LogP contribution in [0.3, 0.4) is 0 Å². The number of nitrogens with zero attached hydrogens (tertiary/aromatic N) is 2. The highest BCUT2D eigenvalue weighted by molar-refractivity contribution is 6.75. The Morgan fingerprint density at radius 2 is 1.54 bits per heavy atom. The molecule has 3 nitrogen and oxygen atoms in total. The van der Waals surface area contributed by atoms with Crippen LogP contribution in [0.1, 0.15) is 13.8 Å². The zero-order chi connectivity index (χ0) is 10.6. The van der Waals surface area contributed by atoms with E-state index in [-0.39, 0.29) is 6.03 Å². The lowest BCUT2D eigenvalue weighted by Crippen LogP contribution is -2.52. The molecule has 0 rings (SSSR count). The van der Waals surface area contributed by atoms with E-state index in [2.05, 4.69) is 19.6 Å². The molecule has 0 spiro atoms. The maximum Gasteiger partial charge on any atom is 0.311 e. The molecule has 0 heterocycles. The molecule has 78 valence electrons. The van der Waals surface area contributed by atoms with Crippen LogP contribution in [0.4, 0.5) is 4.79 Å². The molecule has 0 unspecified atom stereocenters. The summed E-state index contributed by atoms with van der Waals surface area (Å²) in [5, 5.41) is 0. The molecular weight excluding hydrogens is 180 g/mol. The van der Waals surface area contributed by atoms with E-state index < -0.39 is 8.24 Å². The Bertz CT molecular complexity index is 173. The number of hydrogen-bond acceptors (Lipinski definition) is 1. The Hall–Kier alpha value is -0.513. The molecule has 0 aliphatic carbocycles. The fraction of sp³-hybridized carbons (Fsp3) is 0.889. The predicted molar refractivity (Wildman–Crippen MR) is 59.4 cm³/mol. The van der Waals surface area contributed by atoms with E-state index in [1.165, 1.54) is 0 Å². The number of amides is 2. The van der Waals surface area contributed by atoms with Crippen LogP contribution in [0.25, 0.3) is 0 Å². The van der Waals surface area contributed by atoms with Gasteiger partial charge in [-0.15, -0.1) is 0 Å². The molecule has 13 heavy (non-hydrogen) atoms. The average molecular weight is 202 g/mol. The van der Waals surface area contributed by atoms with Crippen molar-refractivity contribution in [2.75, 3.05) is 20.1 Å². The normalized spacial score (nSPS) is 11.2. The van der Waals surface area contributed by atoms with Crippen molar-refractivity contribution in [3.05, 3.63) is 0 Å². The summed E-state index contributed by atoms with van der Waals surface area (Å²) < 4.78 is 1.92. The molecule has 0 bridgehead atoms.